The molecule has 1 N–H and O–H groups in total. The van der Waals surface area contributed by atoms with Gasteiger partial charge < -0.3 is 9.30 Å². The number of aromatic nitrogens is 1. The number of nitrogens with zero attached hydrogens (tertiary/aromatic N) is 2. The van der Waals surface area contributed by atoms with Gasteiger partial charge in [-0.1, -0.05) is 0 Å². The zero-order valence-corrected chi connectivity index (χ0v) is 12.1. The molecule has 0 radical (unpaired) electrons. The van der Waals surface area contributed by atoms with Crippen molar-refractivity contribution >= 4 is 12.3 Å². The average Bonchev–Trinajstić information content (AvgIpc) is 2.75. The fourth-order valence-corrected chi connectivity index (χ4v) is 2.11. The van der Waals surface area contributed by atoms with Gasteiger partial charge in [-0.2, -0.15) is 5.10 Å². The maximum atomic E-state index is 13.0. The third-order valence-corrected chi connectivity index (χ3v) is 3.10. The summed E-state index contributed by atoms with van der Waals surface area (Å²) in [4.78, 5) is 10.9. The van der Waals surface area contributed by atoms with Crippen LogP contribution in [0.2, 0.25) is 0 Å². The number of hydrogen-bond donors (Lipinski definition) is 1. The lowest BCUT2D eigenvalue weighted by Crippen LogP contribution is -2.16. The second kappa shape index (κ2) is 6.21. The predicted molar refractivity (Wildman–Crippen MR) is 78.3 cm³/mol. The first kappa shape index (κ1) is 14.8. The standard InChI is InChI=1S/C15H16FN3O2/c1-10-8-12(9-17-18-15(20)21-3)11(2)19(10)14-6-4-13(16)5-7-14/h4-9H,1-3H3,(H,18,20)/b17-9-. The molecule has 5 nitrogen and oxygen atoms in total. The van der Waals surface area contributed by atoms with E-state index in [1.807, 2.05) is 24.5 Å². The molecule has 1 aromatic heterocycles. The Morgan fingerprint density at radius 3 is 2.62 bits per heavy atom. The molecule has 0 aliphatic heterocycles. The summed E-state index contributed by atoms with van der Waals surface area (Å²) in [7, 11) is 1.27. The molecule has 110 valence electrons. The lowest BCUT2D eigenvalue weighted by atomic mass is 10.2. The van der Waals surface area contributed by atoms with Crippen LogP contribution in [-0.2, 0) is 4.74 Å². The summed E-state index contributed by atoms with van der Waals surface area (Å²) < 4.78 is 19.4. The smallest absolute Gasteiger partial charge is 0.427 e. The molecule has 6 heteroatoms. The van der Waals surface area contributed by atoms with Crippen LogP contribution in [0.1, 0.15) is 17.0 Å². The molecule has 1 heterocycles. The minimum Gasteiger partial charge on any atom is -0.452 e. The van der Waals surface area contributed by atoms with Crippen molar-refractivity contribution < 1.29 is 13.9 Å². The van der Waals surface area contributed by atoms with Crippen LogP contribution < -0.4 is 5.43 Å². The zero-order chi connectivity index (χ0) is 15.4. The van der Waals surface area contributed by atoms with Crippen molar-refractivity contribution in [2.45, 2.75) is 13.8 Å². The summed E-state index contributed by atoms with van der Waals surface area (Å²) in [6.45, 7) is 3.87. The van der Waals surface area contributed by atoms with Crippen molar-refractivity contribution in [3.63, 3.8) is 0 Å². The Bertz CT molecular complexity index is 675. The Morgan fingerprint density at radius 1 is 1.33 bits per heavy atom. The minimum atomic E-state index is -0.626. The van der Waals surface area contributed by atoms with E-state index in [1.165, 1.54) is 19.2 Å². The van der Waals surface area contributed by atoms with Gasteiger partial charge in [-0.05, 0) is 44.2 Å². The topological polar surface area (TPSA) is 55.6 Å². The SMILES string of the molecule is COC(=O)N/N=C\c1cc(C)n(-c2ccc(F)cc2)c1C. The van der Waals surface area contributed by atoms with Gasteiger partial charge in [-0.15, -0.1) is 0 Å². The molecule has 0 bridgehead atoms. The summed E-state index contributed by atoms with van der Waals surface area (Å²) in [6, 6.07) is 8.19. The second-order valence-corrected chi connectivity index (χ2v) is 4.50. The van der Waals surface area contributed by atoms with Crippen molar-refractivity contribution in [1.82, 2.24) is 9.99 Å². The first-order valence-electron chi connectivity index (χ1n) is 6.35. The van der Waals surface area contributed by atoms with E-state index < -0.39 is 6.09 Å². The third-order valence-electron chi connectivity index (χ3n) is 3.10. The molecule has 1 amide bonds. The molecule has 2 rings (SSSR count). The Morgan fingerprint density at radius 2 is 2.00 bits per heavy atom. The van der Waals surface area contributed by atoms with Gasteiger partial charge >= 0.3 is 6.09 Å². The van der Waals surface area contributed by atoms with Crippen molar-refractivity contribution in [3.05, 3.63) is 53.1 Å². The van der Waals surface area contributed by atoms with Gasteiger partial charge in [0, 0.05) is 22.6 Å². The largest absolute Gasteiger partial charge is 0.452 e. The Hall–Kier alpha value is -2.63. The molecule has 0 atom stereocenters. The van der Waals surface area contributed by atoms with Gasteiger partial charge in [0.2, 0.25) is 0 Å². The molecule has 0 spiro atoms. The van der Waals surface area contributed by atoms with Crippen molar-refractivity contribution in [1.29, 1.82) is 0 Å². The molecule has 2 aromatic rings. The maximum Gasteiger partial charge on any atom is 0.427 e. The molecular formula is C15H16FN3O2. The fraction of sp³-hybridized carbons (Fsp3) is 0.200. The summed E-state index contributed by atoms with van der Waals surface area (Å²) in [5, 5.41) is 3.81. The van der Waals surface area contributed by atoms with E-state index in [0.29, 0.717) is 0 Å². The first-order valence-corrected chi connectivity index (χ1v) is 6.35. The zero-order valence-electron chi connectivity index (χ0n) is 12.1. The van der Waals surface area contributed by atoms with Crippen LogP contribution in [0, 0.1) is 19.7 Å². The second-order valence-electron chi connectivity index (χ2n) is 4.50. The minimum absolute atomic E-state index is 0.273. The summed E-state index contributed by atoms with van der Waals surface area (Å²) in [5.74, 6) is -0.273. The van der Waals surface area contributed by atoms with E-state index >= 15 is 0 Å². The molecule has 0 aliphatic rings. The summed E-state index contributed by atoms with van der Waals surface area (Å²) in [5.41, 5.74) is 5.88. The maximum absolute atomic E-state index is 13.0. The van der Waals surface area contributed by atoms with Gasteiger partial charge in [-0.3, -0.25) is 0 Å². The summed E-state index contributed by atoms with van der Waals surface area (Å²) >= 11 is 0. The molecule has 21 heavy (non-hydrogen) atoms. The number of amides is 1. The van der Waals surface area contributed by atoms with Crippen LogP contribution in [0.4, 0.5) is 9.18 Å². The predicted octanol–water partition coefficient (Wildman–Crippen LogP) is 2.92. The highest BCUT2D eigenvalue weighted by molar-refractivity contribution is 5.83. The fourth-order valence-electron chi connectivity index (χ4n) is 2.11. The summed E-state index contributed by atoms with van der Waals surface area (Å²) in [6.07, 6.45) is 0.915. The molecule has 0 saturated heterocycles. The van der Waals surface area contributed by atoms with Gasteiger partial charge in [0.15, 0.2) is 0 Å². The number of hydrogen-bond acceptors (Lipinski definition) is 3. The third kappa shape index (κ3) is 3.28. The lowest BCUT2D eigenvalue weighted by molar-refractivity contribution is 0.171. The number of carbonyl (C=O) groups excluding carboxylic acids is 1. The van der Waals surface area contributed by atoms with E-state index in [-0.39, 0.29) is 5.82 Å². The highest BCUT2D eigenvalue weighted by atomic mass is 19.1. The molecule has 0 aliphatic carbocycles. The number of halogens is 1. The lowest BCUT2D eigenvalue weighted by Gasteiger charge is -2.09. The number of benzene rings is 1. The number of rotatable bonds is 3. The van der Waals surface area contributed by atoms with Crippen LogP contribution in [-0.4, -0.2) is 24.0 Å². The van der Waals surface area contributed by atoms with Crippen LogP contribution in [0.3, 0.4) is 0 Å². The van der Waals surface area contributed by atoms with Gasteiger partial charge in [-0.25, -0.2) is 14.6 Å². The van der Waals surface area contributed by atoms with E-state index in [2.05, 4.69) is 15.3 Å². The van der Waals surface area contributed by atoms with Crippen LogP contribution in [0.5, 0.6) is 0 Å². The van der Waals surface area contributed by atoms with E-state index in [4.69, 9.17) is 0 Å². The van der Waals surface area contributed by atoms with E-state index in [9.17, 15) is 9.18 Å². The van der Waals surface area contributed by atoms with Crippen LogP contribution >= 0.6 is 0 Å². The van der Waals surface area contributed by atoms with Crippen molar-refractivity contribution in [2.24, 2.45) is 5.10 Å². The van der Waals surface area contributed by atoms with E-state index in [1.54, 1.807) is 18.3 Å². The van der Waals surface area contributed by atoms with Gasteiger partial charge in [0.05, 0.1) is 13.3 Å². The monoisotopic (exact) mass is 289 g/mol. The first-order chi connectivity index (χ1) is 10.0. The van der Waals surface area contributed by atoms with Gasteiger partial charge in [0.1, 0.15) is 5.82 Å². The Balaban J connectivity index is 2.29. The molecule has 0 fully saturated rings. The number of aryl methyl sites for hydroxylation is 1. The van der Waals surface area contributed by atoms with Crippen LogP contribution in [0.15, 0.2) is 35.4 Å². The Labute approximate surface area is 122 Å². The number of methoxy groups -OCH3 is 1. The highest BCUT2D eigenvalue weighted by Gasteiger charge is 2.09. The molecular weight excluding hydrogens is 273 g/mol. The highest BCUT2D eigenvalue weighted by Crippen LogP contribution is 2.19. The molecule has 0 saturated carbocycles. The number of ether oxygens (including phenoxy) is 1. The molecule has 0 unspecified atom stereocenters. The average molecular weight is 289 g/mol. The van der Waals surface area contributed by atoms with Crippen molar-refractivity contribution in [3.8, 4) is 5.69 Å². The molecule has 1 aromatic carbocycles. The number of nitrogens with one attached hydrogen (secondary N) is 1. The van der Waals surface area contributed by atoms with Crippen LogP contribution in [0.25, 0.3) is 5.69 Å². The quantitative estimate of drug-likeness (QED) is 0.697. The van der Waals surface area contributed by atoms with Crippen molar-refractivity contribution in [2.75, 3.05) is 7.11 Å². The van der Waals surface area contributed by atoms with Gasteiger partial charge in [0.25, 0.3) is 0 Å². The van der Waals surface area contributed by atoms with E-state index in [0.717, 1.165) is 22.6 Å². The normalized spacial score (nSPS) is 10.9. The number of carbonyl (C=O) groups is 1. The Kier molecular flexibility index (Phi) is 4.37. The number of hydrazone groups is 1.